The van der Waals surface area contributed by atoms with Crippen LogP contribution in [0.5, 0.6) is 0 Å². The molecule has 2 aliphatic heterocycles. The molecule has 16 heteroatoms. The number of carbonyl (C=O) groups is 4. The SMILES string of the molecule is CC[C@@H](CO)N1C(=O)[C@@H](CC(=O)OC(C)(C)C)O[C@@H](c2cccc(Cl)c2)C1c1ccc(Cl)cc1.CC[C@@H](CO)N1C(=O)[C@H](CC(=O)OC(C)(C)C)O[C@@H](c2cccc(Cl)c2)C1c1ccc(Cl)cc1. The lowest BCUT2D eigenvalue weighted by atomic mass is 9.89. The number of hydrogen-bond acceptors (Lipinski definition) is 10. The minimum atomic E-state index is -1.07. The Balaban J connectivity index is 0.000000254. The minimum Gasteiger partial charge on any atom is -0.460 e. The van der Waals surface area contributed by atoms with Crippen molar-refractivity contribution >= 4 is 70.2 Å². The molecular formula is C52H62Cl4N2O10. The van der Waals surface area contributed by atoms with E-state index in [0.29, 0.717) is 32.9 Å². The summed E-state index contributed by atoms with van der Waals surface area (Å²) < 4.78 is 23.5. The average molecular weight is 1020 g/mol. The van der Waals surface area contributed by atoms with Crippen molar-refractivity contribution < 1.29 is 48.3 Å². The molecule has 4 aromatic carbocycles. The highest BCUT2D eigenvalue weighted by molar-refractivity contribution is 6.31. The summed E-state index contributed by atoms with van der Waals surface area (Å²) in [5, 5.41) is 22.5. The monoisotopic (exact) mass is 1010 g/mol. The number of aliphatic hydroxyl groups is 2. The summed E-state index contributed by atoms with van der Waals surface area (Å²) in [5.74, 6) is -1.80. The van der Waals surface area contributed by atoms with E-state index in [-0.39, 0.29) is 37.9 Å². The molecule has 0 saturated carbocycles. The molecule has 0 aromatic heterocycles. The Morgan fingerprint density at radius 1 is 0.559 bits per heavy atom. The Morgan fingerprint density at radius 3 is 1.18 bits per heavy atom. The van der Waals surface area contributed by atoms with Crippen LogP contribution in [0.25, 0.3) is 0 Å². The number of aliphatic hydroxyl groups excluding tert-OH is 2. The second-order valence-electron chi connectivity index (χ2n) is 18.8. The quantitative estimate of drug-likeness (QED) is 0.117. The summed E-state index contributed by atoms with van der Waals surface area (Å²) >= 11 is 24.8. The van der Waals surface area contributed by atoms with Gasteiger partial charge in [-0.2, -0.15) is 0 Å². The topological polar surface area (TPSA) is 152 Å². The lowest BCUT2D eigenvalue weighted by molar-refractivity contribution is -0.188. The Bertz CT molecular complexity index is 2160. The van der Waals surface area contributed by atoms with E-state index >= 15 is 0 Å². The Kier molecular flexibility index (Phi) is 19.3. The van der Waals surface area contributed by atoms with Gasteiger partial charge in [-0.3, -0.25) is 19.2 Å². The molecule has 2 aliphatic rings. The van der Waals surface area contributed by atoms with Gasteiger partial charge in [0.05, 0.1) is 50.2 Å². The molecule has 12 nitrogen and oxygen atoms in total. The van der Waals surface area contributed by atoms with E-state index < -0.39 is 71.7 Å². The molecule has 68 heavy (non-hydrogen) atoms. The van der Waals surface area contributed by atoms with Gasteiger partial charge in [-0.1, -0.05) is 109 Å². The lowest BCUT2D eigenvalue weighted by Crippen LogP contribution is -2.56. The van der Waals surface area contributed by atoms with Crippen molar-refractivity contribution in [1.29, 1.82) is 0 Å². The molecule has 2 saturated heterocycles. The Hall–Kier alpha value is -4.24. The Morgan fingerprint density at radius 2 is 0.897 bits per heavy atom. The van der Waals surface area contributed by atoms with Crippen molar-refractivity contribution in [1.82, 2.24) is 9.80 Å². The number of nitrogens with zero attached hydrogens (tertiary/aromatic N) is 2. The molecule has 2 fully saturated rings. The third-order valence-electron chi connectivity index (χ3n) is 11.3. The van der Waals surface area contributed by atoms with Crippen LogP contribution in [0.1, 0.15) is 128 Å². The van der Waals surface area contributed by atoms with Crippen LogP contribution in [0.15, 0.2) is 97.1 Å². The molecule has 8 atom stereocenters. The molecular weight excluding hydrogens is 954 g/mol. The van der Waals surface area contributed by atoms with E-state index in [1.54, 1.807) is 99.9 Å². The first-order valence-corrected chi connectivity index (χ1v) is 24.2. The molecule has 0 radical (unpaired) electrons. The van der Waals surface area contributed by atoms with E-state index in [9.17, 15) is 29.4 Å². The van der Waals surface area contributed by atoms with Gasteiger partial charge in [-0.15, -0.1) is 0 Å². The molecule has 2 N–H and O–H groups in total. The smallest absolute Gasteiger partial charge is 0.309 e. The van der Waals surface area contributed by atoms with Crippen molar-refractivity contribution in [2.24, 2.45) is 0 Å². The van der Waals surface area contributed by atoms with Crippen molar-refractivity contribution in [2.75, 3.05) is 13.2 Å². The first-order chi connectivity index (χ1) is 32.1. The molecule has 0 bridgehead atoms. The zero-order chi connectivity index (χ0) is 50.1. The number of halogens is 4. The summed E-state index contributed by atoms with van der Waals surface area (Å²) in [7, 11) is 0. The standard InChI is InChI=1S/2C26H31Cl2NO5/c2*1-5-20(15-30)29-23(16-9-11-18(27)12-10-16)24(17-7-6-8-19(28)13-17)33-21(25(29)32)14-22(31)34-26(2,3)4/h2*6-13,20-21,23-24,30H,5,14-15H2,1-4H3/t20-,21+,23?,24-;20-,21-,23?,24-/m00/s1. The summed E-state index contributed by atoms with van der Waals surface area (Å²) in [4.78, 5) is 55.9. The largest absolute Gasteiger partial charge is 0.460 e. The summed E-state index contributed by atoms with van der Waals surface area (Å²) in [5.41, 5.74) is 1.72. The molecule has 2 heterocycles. The minimum absolute atomic E-state index is 0.228. The van der Waals surface area contributed by atoms with Gasteiger partial charge in [0.25, 0.3) is 11.8 Å². The maximum atomic E-state index is 13.7. The molecule has 4 aromatic rings. The summed E-state index contributed by atoms with van der Waals surface area (Å²) in [6.07, 6.45) is -2.83. The maximum Gasteiger partial charge on any atom is 0.309 e. The number of carbonyl (C=O) groups excluding carboxylic acids is 4. The molecule has 0 spiro atoms. The van der Waals surface area contributed by atoms with Crippen molar-refractivity contribution in [3.63, 3.8) is 0 Å². The van der Waals surface area contributed by atoms with Gasteiger partial charge in [0, 0.05) is 20.1 Å². The number of benzene rings is 4. The Labute approximate surface area is 419 Å². The van der Waals surface area contributed by atoms with E-state index in [2.05, 4.69) is 0 Å². The van der Waals surface area contributed by atoms with Crippen molar-refractivity contribution in [3.8, 4) is 0 Å². The normalized spacial score (nSPS) is 21.9. The van der Waals surface area contributed by atoms with Gasteiger partial charge in [0.1, 0.15) is 35.6 Å². The first-order valence-electron chi connectivity index (χ1n) is 22.7. The number of hydrogen-bond donors (Lipinski definition) is 2. The lowest BCUT2D eigenvalue weighted by Gasteiger charge is -2.47. The van der Waals surface area contributed by atoms with E-state index in [0.717, 1.165) is 22.3 Å². The zero-order valence-electron chi connectivity index (χ0n) is 39.7. The first kappa shape index (κ1) is 54.7. The van der Waals surface area contributed by atoms with Gasteiger partial charge in [0.2, 0.25) is 0 Å². The summed E-state index contributed by atoms with van der Waals surface area (Å²) in [6.45, 7) is 14.0. The van der Waals surface area contributed by atoms with Gasteiger partial charge in [-0.05, 0) is 125 Å². The average Bonchev–Trinajstić information content (AvgIpc) is 3.26. The second-order valence-corrected chi connectivity index (χ2v) is 20.5. The van der Waals surface area contributed by atoms with Crippen molar-refractivity contribution in [2.45, 2.75) is 141 Å². The van der Waals surface area contributed by atoms with Crippen LogP contribution in [0.3, 0.4) is 0 Å². The predicted molar refractivity (Wildman–Crippen MR) is 263 cm³/mol. The number of rotatable bonds is 14. The highest BCUT2D eigenvalue weighted by Gasteiger charge is 2.49. The third-order valence-corrected chi connectivity index (χ3v) is 12.3. The number of morpholine rings is 2. The van der Waals surface area contributed by atoms with Crippen LogP contribution in [0.2, 0.25) is 20.1 Å². The van der Waals surface area contributed by atoms with E-state index in [4.69, 9.17) is 65.4 Å². The van der Waals surface area contributed by atoms with Crippen LogP contribution in [0.4, 0.5) is 0 Å². The van der Waals surface area contributed by atoms with Crippen LogP contribution in [0, 0.1) is 0 Å². The van der Waals surface area contributed by atoms with Crippen molar-refractivity contribution in [3.05, 3.63) is 139 Å². The molecule has 0 aliphatic carbocycles. The number of esters is 2. The van der Waals surface area contributed by atoms with Crippen LogP contribution in [-0.2, 0) is 38.1 Å². The predicted octanol–water partition coefficient (Wildman–Crippen LogP) is 11.0. The highest BCUT2D eigenvalue weighted by Crippen LogP contribution is 2.46. The van der Waals surface area contributed by atoms with Gasteiger partial charge < -0.3 is 39.0 Å². The zero-order valence-corrected chi connectivity index (χ0v) is 42.7. The maximum absolute atomic E-state index is 13.7. The molecule has 2 unspecified atom stereocenters. The van der Waals surface area contributed by atoms with Crippen LogP contribution >= 0.6 is 46.4 Å². The van der Waals surface area contributed by atoms with Crippen LogP contribution in [-0.4, -0.2) is 92.5 Å². The fourth-order valence-corrected chi connectivity index (χ4v) is 9.03. The molecule has 6 rings (SSSR count). The van der Waals surface area contributed by atoms with Gasteiger partial charge >= 0.3 is 11.9 Å². The molecule has 2 amide bonds. The summed E-state index contributed by atoms with van der Waals surface area (Å²) in [6, 6.07) is 26.8. The van der Waals surface area contributed by atoms with E-state index in [1.165, 1.54) is 0 Å². The van der Waals surface area contributed by atoms with Crippen LogP contribution < -0.4 is 0 Å². The fraction of sp³-hybridized carbons (Fsp3) is 0.462. The highest BCUT2D eigenvalue weighted by atomic mass is 35.5. The fourth-order valence-electron chi connectivity index (χ4n) is 8.38. The number of ether oxygens (including phenoxy) is 4. The molecule has 368 valence electrons. The number of amides is 2. The van der Waals surface area contributed by atoms with Gasteiger partial charge in [-0.25, -0.2) is 0 Å². The van der Waals surface area contributed by atoms with E-state index in [1.807, 2.05) is 62.4 Å². The third kappa shape index (κ3) is 14.4. The van der Waals surface area contributed by atoms with Gasteiger partial charge in [0.15, 0.2) is 0 Å². The second kappa shape index (κ2) is 24.1.